The second-order valence-corrected chi connectivity index (χ2v) is 9.10. The fraction of sp³-hybridized carbons (Fsp3) is 0.538. The maximum Gasteiger partial charge on any atom is 0.240 e. The molecule has 0 saturated heterocycles. The van der Waals surface area contributed by atoms with E-state index >= 15 is 0 Å². The second-order valence-electron chi connectivity index (χ2n) is 5.62. The van der Waals surface area contributed by atoms with Gasteiger partial charge in [0.05, 0.1) is 9.79 Å². The summed E-state index contributed by atoms with van der Waals surface area (Å²) in [6, 6.07) is 5.39. The van der Waals surface area contributed by atoms with Gasteiger partial charge in [-0.05, 0) is 37.0 Å². The van der Waals surface area contributed by atoms with E-state index in [0.717, 1.165) is 12.8 Å². The van der Waals surface area contributed by atoms with Crippen molar-refractivity contribution in [1.82, 2.24) is 9.44 Å². The third kappa shape index (κ3) is 4.50. The van der Waals surface area contributed by atoms with E-state index in [-0.39, 0.29) is 21.8 Å². The molecule has 0 radical (unpaired) electrons. The lowest BCUT2D eigenvalue weighted by Crippen LogP contribution is -2.28. The molecule has 0 aliphatic heterocycles. The van der Waals surface area contributed by atoms with Crippen LogP contribution >= 0.6 is 0 Å². The Hall–Kier alpha value is -0.960. The van der Waals surface area contributed by atoms with Gasteiger partial charge in [0, 0.05) is 12.6 Å². The molecular formula is C13H20N2O4S2. The van der Waals surface area contributed by atoms with Crippen LogP contribution < -0.4 is 9.44 Å². The van der Waals surface area contributed by atoms with Crippen molar-refractivity contribution in [2.24, 2.45) is 5.92 Å². The molecular weight excluding hydrogens is 312 g/mol. The van der Waals surface area contributed by atoms with Gasteiger partial charge in [0.15, 0.2) is 0 Å². The van der Waals surface area contributed by atoms with Gasteiger partial charge in [-0.2, -0.15) is 0 Å². The molecule has 1 aliphatic carbocycles. The van der Waals surface area contributed by atoms with E-state index in [2.05, 4.69) is 9.44 Å². The number of nitrogens with one attached hydrogen (secondary N) is 2. The fourth-order valence-corrected chi connectivity index (χ4v) is 4.34. The van der Waals surface area contributed by atoms with Crippen LogP contribution in [0.15, 0.2) is 34.1 Å². The molecule has 0 bridgehead atoms. The summed E-state index contributed by atoms with van der Waals surface area (Å²) < 4.78 is 53.4. The molecule has 1 fully saturated rings. The lowest BCUT2D eigenvalue weighted by Gasteiger charge is -2.10. The van der Waals surface area contributed by atoms with Gasteiger partial charge < -0.3 is 0 Å². The Morgan fingerprint density at radius 2 is 1.67 bits per heavy atom. The molecule has 1 aromatic carbocycles. The van der Waals surface area contributed by atoms with Crippen molar-refractivity contribution in [3.05, 3.63) is 24.3 Å². The smallest absolute Gasteiger partial charge is 0.211 e. The van der Waals surface area contributed by atoms with E-state index < -0.39 is 20.0 Å². The average molecular weight is 332 g/mol. The monoisotopic (exact) mass is 332 g/mol. The van der Waals surface area contributed by atoms with Gasteiger partial charge in [-0.25, -0.2) is 26.3 Å². The van der Waals surface area contributed by atoms with E-state index in [4.69, 9.17) is 0 Å². The summed E-state index contributed by atoms with van der Waals surface area (Å²) in [6.07, 6.45) is 1.65. The molecule has 0 aromatic heterocycles. The minimum absolute atomic E-state index is 0.0191. The van der Waals surface area contributed by atoms with Crippen LogP contribution in [0, 0.1) is 5.92 Å². The molecule has 1 saturated carbocycles. The van der Waals surface area contributed by atoms with Crippen molar-refractivity contribution in [1.29, 1.82) is 0 Å². The Kier molecular flexibility index (Phi) is 4.72. The lowest BCUT2D eigenvalue weighted by molar-refractivity contribution is 0.560. The zero-order valence-electron chi connectivity index (χ0n) is 12.0. The lowest BCUT2D eigenvalue weighted by atomic mass is 10.2. The highest BCUT2D eigenvalue weighted by molar-refractivity contribution is 7.90. The minimum Gasteiger partial charge on any atom is -0.211 e. The molecule has 0 heterocycles. The summed E-state index contributed by atoms with van der Waals surface area (Å²) in [7, 11) is -7.35. The molecule has 0 unspecified atom stereocenters. The number of sulfonamides is 2. The van der Waals surface area contributed by atoms with Gasteiger partial charge in [-0.1, -0.05) is 19.9 Å². The van der Waals surface area contributed by atoms with Crippen molar-refractivity contribution in [2.45, 2.75) is 42.5 Å². The highest BCUT2D eigenvalue weighted by atomic mass is 32.2. The first-order chi connectivity index (χ1) is 9.71. The molecule has 6 nitrogen and oxygen atoms in total. The molecule has 1 aliphatic rings. The molecule has 0 spiro atoms. The summed E-state index contributed by atoms with van der Waals surface area (Å²) in [6.45, 7) is 4.09. The average Bonchev–Trinajstić information content (AvgIpc) is 3.20. The van der Waals surface area contributed by atoms with Crippen molar-refractivity contribution >= 4 is 20.0 Å². The van der Waals surface area contributed by atoms with Crippen molar-refractivity contribution in [2.75, 3.05) is 6.54 Å². The molecule has 2 rings (SSSR count). The zero-order valence-corrected chi connectivity index (χ0v) is 13.7. The number of benzene rings is 1. The van der Waals surface area contributed by atoms with Crippen LogP contribution in [-0.4, -0.2) is 29.4 Å². The van der Waals surface area contributed by atoms with E-state index in [1.807, 2.05) is 13.8 Å². The van der Waals surface area contributed by atoms with Gasteiger partial charge in [0.1, 0.15) is 0 Å². The predicted octanol–water partition coefficient (Wildman–Crippen LogP) is 1.06. The standard InChI is InChI=1S/C13H20N2O4S2/c1-10(2)9-14-20(16,17)12-4-3-5-13(8-12)21(18,19)15-11-6-7-11/h3-5,8,10-11,14-15H,6-7,9H2,1-2H3. The molecule has 118 valence electrons. The molecule has 21 heavy (non-hydrogen) atoms. The van der Waals surface area contributed by atoms with Crippen LogP contribution in [0.2, 0.25) is 0 Å². The topological polar surface area (TPSA) is 92.3 Å². The first kappa shape index (κ1) is 16.4. The van der Waals surface area contributed by atoms with E-state index in [0.29, 0.717) is 6.54 Å². The first-order valence-corrected chi connectivity index (χ1v) is 9.79. The predicted molar refractivity (Wildman–Crippen MR) is 79.8 cm³/mol. The fourth-order valence-electron chi connectivity index (χ4n) is 1.66. The summed E-state index contributed by atoms with van der Waals surface area (Å²) in [4.78, 5) is -0.0661. The normalized spacial score (nSPS) is 16.3. The second kappa shape index (κ2) is 6.04. The third-order valence-electron chi connectivity index (χ3n) is 3.01. The first-order valence-electron chi connectivity index (χ1n) is 6.83. The van der Waals surface area contributed by atoms with Crippen LogP contribution in [0.25, 0.3) is 0 Å². The van der Waals surface area contributed by atoms with Gasteiger partial charge in [0.2, 0.25) is 20.0 Å². The quantitative estimate of drug-likeness (QED) is 0.781. The molecule has 8 heteroatoms. The Balaban J connectivity index is 2.24. The Bertz CT molecular complexity index is 707. The molecule has 0 atom stereocenters. The molecule has 0 amide bonds. The van der Waals surface area contributed by atoms with Gasteiger partial charge in [-0.15, -0.1) is 0 Å². The van der Waals surface area contributed by atoms with E-state index in [1.165, 1.54) is 24.3 Å². The Morgan fingerprint density at radius 1 is 1.10 bits per heavy atom. The van der Waals surface area contributed by atoms with Crippen LogP contribution in [0.5, 0.6) is 0 Å². The third-order valence-corrected chi connectivity index (χ3v) is 5.95. The van der Waals surface area contributed by atoms with Crippen LogP contribution in [-0.2, 0) is 20.0 Å². The van der Waals surface area contributed by atoms with Crippen molar-refractivity contribution in [3.8, 4) is 0 Å². The van der Waals surface area contributed by atoms with Gasteiger partial charge in [-0.3, -0.25) is 0 Å². The van der Waals surface area contributed by atoms with Crippen LogP contribution in [0.4, 0.5) is 0 Å². The molecule has 1 aromatic rings. The Labute approximate surface area is 126 Å². The summed E-state index contributed by atoms with van der Waals surface area (Å²) in [5.74, 6) is 0.170. The molecule has 2 N–H and O–H groups in total. The number of hydrogen-bond acceptors (Lipinski definition) is 4. The van der Waals surface area contributed by atoms with Crippen LogP contribution in [0.1, 0.15) is 26.7 Å². The summed E-state index contributed by atoms with van der Waals surface area (Å²) in [5, 5.41) is 0. The number of hydrogen-bond donors (Lipinski definition) is 2. The maximum absolute atomic E-state index is 12.1. The minimum atomic E-state index is -3.69. The Morgan fingerprint density at radius 3 is 2.19 bits per heavy atom. The van der Waals surface area contributed by atoms with Crippen molar-refractivity contribution < 1.29 is 16.8 Å². The zero-order chi connectivity index (χ0) is 15.7. The van der Waals surface area contributed by atoms with Crippen molar-refractivity contribution in [3.63, 3.8) is 0 Å². The van der Waals surface area contributed by atoms with Crippen LogP contribution in [0.3, 0.4) is 0 Å². The van der Waals surface area contributed by atoms with Gasteiger partial charge in [0.25, 0.3) is 0 Å². The highest BCUT2D eigenvalue weighted by Gasteiger charge is 2.28. The largest absolute Gasteiger partial charge is 0.240 e. The number of rotatable bonds is 7. The van der Waals surface area contributed by atoms with Gasteiger partial charge >= 0.3 is 0 Å². The SMILES string of the molecule is CC(C)CNS(=O)(=O)c1cccc(S(=O)(=O)NC2CC2)c1. The van der Waals surface area contributed by atoms with E-state index in [9.17, 15) is 16.8 Å². The van der Waals surface area contributed by atoms with E-state index in [1.54, 1.807) is 0 Å². The summed E-state index contributed by atoms with van der Waals surface area (Å²) >= 11 is 0. The maximum atomic E-state index is 12.1. The highest BCUT2D eigenvalue weighted by Crippen LogP contribution is 2.23. The summed E-state index contributed by atoms with van der Waals surface area (Å²) in [5.41, 5.74) is 0.